The molecule has 28 heavy (non-hydrogen) atoms. The Balaban J connectivity index is 0.00000196. The molecule has 0 radical (unpaired) electrons. The van der Waals surface area contributed by atoms with Crippen molar-refractivity contribution in [1.29, 1.82) is 0 Å². The van der Waals surface area contributed by atoms with Crippen LogP contribution in [0, 0.1) is 17.8 Å². The molecule has 3 atom stereocenters. The summed E-state index contributed by atoms with van der Waals surface area (Å²) in [7, 11) is 0. The number of hydrogen-bond donors (Lipinski definition) is 1. The first-order valence-electron chi connectivity index (χ1n) is 10.5. The van der Waals surface area contributed by atoms with Gasteiger partial charge in [0.25, 0.3) is 0 Å². The number of hydrogen-bond acceptors (Lipinski definition) is 4. The minimum Gasteiger partial charge on any atom is -0.341 e. The number of nitrogens with one attached hydrogen (secondary N) is 1. The van der Waals surface area contributed by atoms with E-state index in [4.69, 9.17) is 0 Å². The van der Waals surface area contributed by atoms with Crippen molar-refractivity contribution in [3.05, 3.63) is 0 Å². The summed E-state index contributed by atoms with van der Waals surface area (Å²) < 4.78 is 0. The van der Waals surface area contributed by atoms with Crippen LogP contribution in [-0.2, 0) is 9.59 Å². The van der Waals surface area contributed by atoms with Gasteiger partial charge in [-0.3, -0.25) is 14.5 Å². The molecular weight excluding hydrogens is 399 g/mol. The predicted octanol–water partition coefficient (Wildman–Crippen LogP) is 1.87. The van der Waals surface area contributed by atoms with E-state index < -0.39 is 0 Å². The van der Waals surface area contributed by atoms with Gasteiger partial charge in [0.1, 0.15) is 0 Å². The van der Waals surface area contributed by atoms with E-state index in [1.165, 1.54) is 12.8 Å². The van der Waals surface area contributed by atoms with Gasteiger partial charge in [-0.15, -0.1) is 24.8 Å². The second-order valence-corrected chi connectivity index (χ2v) is 8.80. The van der Waals surface area contributed by atoms with Crippen LogP contribution < -0.4 is 5.32 Å². The van der Waals surface area contributed by atoms with Crippen molar-refractivity contribution in [2.45, 2.75) is 39.5 Å². The van der Waals surface area contributed by atoms with Gasteiger partial charge < -0.3 is 15.1 Å². The summed E-state index contributed by atoms with van der Waals surface area (Å²) in [5.41, 5.74) is 0. The lowest BCUT2D eigenvalue weighted by molar-refractivity contribution is -0.137. The smallest absolute Gasteiger partial charge is 0.236 e. The fraction of sp³-hybridized carbons (Fsp3) is 0.900. The van der Waals surface area contributed by atoms with Crippen molar-refractivity contribution in [3.63, 3.8) is 0 Å². The largest absolute Gasteiger partial charge is 0.341 e. The number of piperazine rings is 1. The maximum Gasteiger partial charge on any atom is 0.236 e. The van der Waals surface area contributed by atoms with Gasteiger partial charge in [0.2, 0.25) is 11.8 Å². The van der Waals surface area contributed by atoms with Crippen molar-refractivity contribution >= 4 is 36.6 Å². The minimum atomic E-state index is 0. The number of carbonyl (C=O) groups excluding carboxylic acids is 2. The Labute approximate surface area is 182 Å². The van der Waals surface area contributed by atoms with Crippen molar-refractivity contribution in [2.24, 2.45) is 17.8 Å². The van der Waals surface area contributed by atoms with E-state index >= 15 is 0 Å². The number of piperidine rings is 1. The predicted molar refractivity (Wildman–Crippen MR) is 117 cm³/mol. The first kappa shape index (κ1) is 25.5. The molecule has 0 spiro atoms. The van der Waals surface area contributed by atoms with Crippen LogP contribution >= 0.6 is 24.8 Å². The zero-order valence-electron chi connectivity index (χ0n) is 17.4. The second-order valence-electron chi connectivity index (χ2n) is 8.80. The van der Waals surface area contributed by atoms with Gasteiger partial charge in [-0.2, -0.15) is 0 Å². The summed E-state index contributed by atoms with van der Waals surface area (Å²) >= 11 is 0. The Morgan fingerprint density at radius 2 is 1.57 bits per heavy atom. The molecule has 3 aliphatic heterocycles. The first-order valence-corrected chi connectivity index (χ1v) is 10.5. The Bertz CT molecular complexity index is 485. The summed E-state index contributed by atoms with van der Waals surface area (Å²) in [4.78, 5) is 31.3. The van der Waals surface area contributed by atoms with Gasteiger partial charge in [-0.25, -0.2) is 0 Å². The number of likely N-dealkylation sites (tertiary alicyclic amines) is 1. The van der Waals surface area contributed by atoms with Crippen molar-refractivity contribution in [2.75, 3.05) is 58.9 Å². The molecule has 0 bridgehead atoms. The van der Waals surface area contributed by atoms with Crippen molar-refractivity contribution in [1.82, 2.24) is 20.0 Å². The summed E-state index contributed by atoms with van der Waals surface area (Å²) in [6.45, 7) is 12.1. The van der Waals surface area contributed by atoms with Gasteiger partial charge >= 0.3 is 0 Å². The topological polar surface area (TPSA) is 55.9 Å². The highest BCUT2D eigenvalue weighted by molar-refractivity contribution is 5.85. The molecule has 0 saturated carbocycles. The summed E-state index contributed by atoms with van der Waals surface area (Å²) in [6, 6.07) is 0. The van der Waals surface area contributed by atoms with Crippen LogP contribution in [0.15, 0.2) is 0 Å². The van der Waals surface area contributed by atoms with E-state index in [2.05, 4.69) is 24.1 Å². The highest BCUT2D eigenvalue weighted by Gasteiger charge is 2.28. The van der Waals surface area contributed by atoms with Crippen LogP contribution in [0.2, 0.25) is 0 Å². The normalized spacial score (nSPS) is 28.4. The van der Waals surface area contributed by atoms with Gasteiger partial charge in [0.15, 0.2) is 0 Å². The molecule has 0 aromatic rings. The average Bonchev–Trinajstić information content (AvgIpc) is 3.13. The van der Waals surface area contributed by atoms with Crippen LogP contribution in [0.25, 0.3) is 0 Å². The lowest BCUT2D eigenvalue weighted by Crippen LogP contribution is -2.53. The van der Waals surface area contributed by atoms with Crippen LogP contribution in [0.4, 0.5) is 0 Å². The van der Waals surface area contributed by atoms with Crippen LogP contribution in [-0.4, -0.2) is 85.4 Å². The molecule has 6 nitrogen and oxygen atoms in total. The van der Waals surface area contributed by atoms with E-state index in [1.807, 2.05) is 9.80 Å². The Morgan fingerprint density at radius 3 is 2.14 bits per heavy atom. The number of amides is 2. The molecule has 1 N–H and O–H groups in total. The molecule has 164 valence electrons. The summed E-state index contributed by atoms with van der Waals surface area (Å²) in [6.07, 6.45) is 4.11. The maximum atomic E-state index is 12.6. The monoisotopic (exact) mass is 436 g/mol. The summed E-state index contributed by atoms with van der Waals surface area (Å²) in [5, 5.41) is 3.36. The lowest BCUT2D eigenvalue weighted by Gasteiger charge is -2.38. The third-order valence-corrected chi connectivity index (χ3v) is 6.23. The molecule has 3 aliphatic rings. The van der Waals surface area contributed by atoms with Crippen molar-refractivity contribution < 1.29 is 9.59 Å². The Morgan fingerprint density at radius 1 is 0.929 bits per heavy atom. The van der Waals surface area contributed by atoms with Crippen LogP contribution in [0.1, 0.15) is 39.5 Å². The molecule has 0 aromatic heterocycles. The molecule has 0 aromatic carbocycles. The Hall–Kier alpha value is -0.560. The minimum absolute atomic E-state index is 0. The van der Waals surface area contributed by atoms with Gasteiger partial charge in [0, 0.05) is 45.7 Å². The quantitative estimate of drug-likeness (QED) is 0.714. The fourth-order valence-electron chi connectivity index (χ4n) is 4.76. The van der Waals surface area contributed by atoms with E-state index in [0.717, 1.165) is 58.8 Å². The van der Waals surface area contributed by atoms with E-state index in [9.17, 15) is 9.59 Å². The third kappa shape index (κ3) is 7.36. The van der Waals surface area contributed by atoms with Crippen LogP contribution in [0.3, 0.4) is 0 Å². The standard InChI is InChI=1S/C20H36N4O2.2ClH/c1-16-11-17(2)14-24(13-16)20(26)15-22-7-9-23(10-8-22)19(25)4-3-18-5-6-21-12-18;;/h16-18,21H,3-15H2,1-2H3;2*1H. The lowest BCUT2D eigenvalue weighted by atomic mass is 9.92. The molecule has 3 rings (SSSR count). The van der Waals surface area contributed by atoms with Crippen molar-refractivity contribution in [3.8, 4) is 0 Å². The fourth-order valence-corrected chi connectivity index (χ4v) is 4.76. The number of halogens is 2. The first-order chi connectivity index (χ1) is 12.5. The van der Waals surface area contributed by atoms with E-state index in [-0.39, 0.29) is 30.7 Å². The molecule has 3 fully saturated rings. The molecule has 0 aliphatic carbocycles. The SMILES string of the molecule is CC1CC(C)CN(C(=O)CN2CCN(C(=O)CCC3CCNC3)CC2)C1.Cl.Cl. The number of nitrogens with zero attached hydrogens (tertiary/aromatic N) is 3. The van der Waals surface area contributed by atoms with E-state index in [0.29, 0.717) is 36.6 Å². The number of rotatable bonds is 5. The van der Waals surface area contributed by atoms with Gasteiger partial charge in [-0.05, 0) is 50.1 Å². The zero-order valence-corrected chi connectivity index (χ0v) is 19.0. The van der Waals surface area contributed by atoms with Gasteiger partial charge in [0.05, 0.1) is 6.54 Å². The molecule has 3 heterocycles. The van der Waals surface area contributed by atoms with E-state index in [1.54, 1.807) is 0 Å². The van der Waals surface area contributed by atoms with Crippen LogP contribution in [0.5, 0.6) is 0 Å². The molecule has 8 heteroatoms. The second kappa shape index (κ2) is 12.2. The molecule has 2 amide bonds. The highest BCUT2D eigenvalue weighted by atomic mass is 35.5. The Kier molecular flexibility index (Phi) is 11.1. The zero-order chi connectivity index (χ0) is 18.5. The molecule has 3 unspecified atom stereocenters. The molecular formula is C20H38Cl2N4O2. The highest BCUT2D eigenvalue weighted by Crippen LogP contribution is 2.21. The summed E-state index contributed by atoms with van der Waals surface area (Å²) in [5.74, 6) is 2.44. The number of carbonyl (C=O) groups is 2. The van der Waals surface area contributed by atoms with Gasteiger partial charge in [-0.1, -0.05) is 13.8 Å². The molecule has 3 saturated heterocycles. The third-order valence-electron chi connectivity index (χ3n) is 6.23. The maximum absolute atomic E-state index is 12.6. The average molecular weight is 437 g/mol.